The summed E-state index contributed by atoms with van der Waals surface area (Å²) in [6.07, 6.45) is 1.47. The number of para-hydroxylation sites is 2. The van der Waals surface area contributed by atoms with E-state index in [0.29, 0.717) is 54.8 Å². The number of carbonyl (C=O) groups is 1. The standard InChI is InChI=1S/C26H26N2O6/c1-30-20-10-5-8-18(24(20)31-2)23(28-12-15-32-16-13-28)25-22(17-7-3-4-9-19(17)34-25)27-26(29)21-11-6-14-33-21/h3-11,14,23H,12-13,15-16H2,1-2H3,(H,27,29). The number of hydrogen-bond acceptors (Lipinski definition) is 7. The Balaban J connectivity index is 1.70. The highest BCUT2D eigenvalue weighted by molar-refractivity contribution is 6.08. The van der Waals surface area contributed by atoms with Crippen molar-refractivity contribution in [3.8, 4) is 11.5 Å². The number of rotatable bonds is 7. The summed E-state index contributed by atoms with van der Waals surface area (Å²) in [7, 11) is 3.23. The number of fused-ring (bicyclic) bond motifs is 1. The van der Waals surface area contributed by atoms with Crippen LogP contribution in [-0.4, -0.2) is 51.3 Å². The van der Waals surface area contributed by atoms with Crippen molar-refractivity contribution in [2.45, 2.75) is 6.04 Å². The van der Waals surface area contributed by atoms with E-state index in [2.05, 4.69) is 10.2 Å². The molecule has 1 atom stereocenters. The zero-order chi connectivity index (χ0) is 23.5. The zero-order valence-electron chi connectivity index (χ0n) is 19.1. The fourth-order valence-corrected chi connectivity index (χ4v) is 4.44. The van der Waals surface area contributed by atoms with Gasteiger partial charge in [0.2, 0.25) is 0 Å². The summed E-state index contributed by atoms with van der Waals surface area (Å²) in [5, 5.41) is 3.84. The summed E-state index contributed by atoms with van der Waals surface area (Å²) in [5.41, 5.74) is 2.14. The Hall–Kier alpha value is -3.75. The summed E-state index contributed by atoms with van der Waals surface area (Å²) in [6, 6.07) is 16.4. The van der Waals surface area contributed by atoms with E-state index < -0.39 is 0 Å². The average molecular weight is 463 g/mol. The van der Waals surface area contributed by atoms with Gasteiger partial charge in [0.05, 0.1) is 45.4 Å². The molecule has 1 N–H and O–H groups in total. The minimum atomic E-state index is -0.353. The number of anilines is 1. The summed E-state index contributed by atoms with van der Waals surface area (Å²) in [6.45, 7) is 2.56. The first-order chi connectivity index (χ1) is 16.7. The van der Waals surface area contributed by atoms with E-state index in [1.807, 2.05) is 42.5 Å². The van der Waals surface area contributed by atoms with Gasteiger partial charge in [-0.25, -0.2) is 0 Å². The Morgan fingerprint density at radius 1 is 1.00 bits per heavy atom. The van der Waals surface area contributed by atoms with Crippen LogP contribution in [0.15, 0.2) is 69.7 Å². The Morgan fingerprint density at radius 2 is 1.82 bits per heavy atom. The molecule has 0 spiro atoms. The number of hydrogen-bond donors (Lipinski definition) is 1. The van der Waals surface area contributed by atoms with Crippen molar-refractivity contribution in [3.63, 3.8) is 0 Å². The van der Waals surface area contributed by atoms with E-state index in [1.165, 1.54) is 6.26 Å². The maximum Gasteiger partial charge on any atom is 0.291 e. The number of furan rings is 2. The largest absolute Gasteiger partial charge is 0.493 e. The second-order valence-electron chi connectivity index (χ2n) is 7.90. The van der Waals surface area contributed by atoms with Gasteiger partial charge in [0.15, 0.2) is 23.0 Å². The van der Waals surface area contributed by atoms with Gasteiger partial charge >= 0.3 is 0 Å². The number of amides is 1. The monoisotopic (exact) mass is 462 g/mol. The smallest absolute Gasteiger partial charge is 0.291 e. The maximum atomic E-state index is 13.0. The van der Waals surface area contributed by atoms with E-state index in [0.717, 1.165) is 10.9 Å². The lowest BCUT2D eigenvalue weighted by atomic mass is 9.98. The second kappa shape index (κ2) is 9.62. The summed E-state index contributed by atoms with van der Waals surface area (Å²) in [4.78, 5) is 15.3. The first kappa shape index (κ1) is 22.1. The molecule has 8 heteroatoms. The molecule has 1 saturated heterocycles. The molecule has 1 aliphatic heterocycles. The third-order valence-electron chi connectivity index (χ3n) is 5.99. The summed E-state index contributed by atoms with van der Waals surface area (Å²) in [5.74, 6) is 1.71. The molecule has 176 valence electrons. The predicted molar refractivity (Wildman–Crippen MR) is 127 cm³/mol. The topological polar surface area (TPSA) is 86.3 Å². The van der Waals surface area contributed by atoms with Crippen LogP contribution in [0.5, 0.6) is 11.5 Å². The number of carbonyl (C=O) groups excluding carboxylic acids is 1. The third kappa shape index (κ3) is 4.02. The highest BCUT2D eigenvalue weighted by Gasteiger charge is 2.34. The molecule has 4 aromatic rings. The molecule has 1 aliphatic rings. The van der Waals surface area contributed by atoms with Crippen LogP contribution in [0.2, 0.25) is 0 Å². The highest BCUT2D eigenvalue weighted by atomic mass is 16.5. The number of methoxy groups -OCH3 is 2. The Bertz CT molecular complexity index is 1270. The van der Waals surface area contributed by atoms with Crippen LogP contribution in [-0.2, 0) is 4.74 Å². The van der Waals surface area contributed by atoms with Gasteiger partial charge in [-0.3, -0.25) is 9.69 Å². The molecule has 0 saturated carbocycles. The lowest BCUT2D eigenvalue weighted by Crippen LogP contribution is -2.39. The first-order valence-corrected chi connectivity index (χ1v) is 11.1. The molecule has 0 bridgehead atoms. The van der Waals surface area contributed by atoms with Crippen LogP contribution >= 0.6 is 0 Å². The molecule has 1 amide bonds. The Kier molecular flexibility index (Phi) is 6.24. The lowest BCUT2D eigenvalue weighted by molar-refractivity contribution is 0.0201. The molecule has 2 aromatic carbocycles. The maximum absolute atomic E-state index is 13.0. The molecule has 0 radical (unpaired) electrons. The van der Waals surface area contributed by atoms with Gasteiger partial charge in [-0.1, -0.05) is 24.3 Å². The summed E-state index contributed by atoms with van der Waals surface area (Å²) < 4.78 is 28.7. The van der Waals surface area contributed by atoms with E-state index in [-0.39, 0.29) is 17.7 Å². The van der Waals surface area contributed by atoms with Gasteiger partial charge in [0.1, 0.15) is 5.58 Å². The van der Waals surface area contributed by atoms with Crippen molar-refractivity contribution in [2.75, 3.05) is 45.8 Å². The SMILES string of the molecule is COc1cccc(C(c2oc3ccccc3c2NC(=O)c2ccco2)N2CCOCC2)c1OC. The minimum absolute atomic E-state index is 0.220. The molecular formula is C26H26N2O6. The average Bonchev–Trinajstić information content (AvgIpc) is 3.54. The van der Waals surface area contributed by atoms with Crippen molar-refractivity contribution in [2.24, 2.45) is 0 Å². The van der Waals surface area contributed by atoms with Crippen molar-refractivity contribution in [3.05, 3.63) is 77.9 Å². The molecule has 1 fully saturated rings. The van der Waals surface area contributed by atoms with Gasteiger partial charge in [-0.2, -0.15) is 0 Å². The van der Waals surface area contributed by atoms with Crippen LogP contribution in [0.4, 0.5) is 5.69 Å². The van der Waals surface area contributed by atoms with Crippen molar-refractivity contribution < 1.29 is 27.8 Å². The number of nitrogens with zero attached hydrogens (tertiary/aromatic N) is 1. The van der Waals surface area contributed by atoms with Crippen LogP contribution in [0.25, 0.3) is 11.0 Å². The van der Waals surface area contributed by atoms with Gasteiger partial charge in [0.25, 0.3) is 5.91 Å². The van der Waals surface area contributed by atoms with Crippen LogP contribution in [0, 0.1) is 0 Å². The lowest BCUT2D eigenvalue weighted by Gasteiger charge is -2.34. The number of ether oxygens (including phenoxy) is 3. The summed E-state index contributed by atoms with van der Waals surface area (Å²) >= 11 is 0. The molecule has 1 unspecified atom stereocenters. The Morgan fingerprint density at radius 3 is 2.56 bits per heavy atom. The highest BCUT2D eigenvalue weighted by Crippen LogP contribution is 2.45. The quantitative estimate of drug-likeness (QED) is 0.425. The van der Waals surface area contributed by atoms with Crippen LogP contribution in [0.1, 0.15) is 27.9 Å². The normalized spacial score (nSPS) is 15.2. The molecule has 0 aliphatic carbocycles. The van der Waals surface area contributed by atoms with E-state index >= 15 is 0 Å². The fraction of sp³-hybridized carbons (Fsp3) is 0.269. The number of benzene rings is 2. The zero-order valence-corrected chi connectivity index (χ0v) is 19.1. The second-order valence-corrected chi connectivity index (χ2v) is 7.90. The predicted octanol–water partition coefficient (Wildman–Crippen LogP) is 4.72. The molecule has 8 nitrogen and oxygen atoms in total. The molecular weight excluding hydrogens is 436 g/mol. The van der Waals surface area contributed by atoms with E-state index in [4.69, 9.17) is 23.0 Å². The molecule has 3 heterocycles. The first-order valence-electron chi connectivity index (χ1n) is 11.1. The van der Waals surface area contributed by atoms with Crippen molar-refractivity contribution >= 4 is 22.6 Å². The minimum Gasteiger partial charge on any atom is -0.493 e. The van der Waals surface area contributed by atoms with Crippen molar-refractivity contribution in [1.82, 2.24) is 4.90 Å². The van der Waals surface area contributed by atoms with E-state index in [1.54, 1.807) is 26.4 Å². The van der Waals surface area contributed by atoms with Gasteiger partial charge in [-0.15, -0.1) is 0 Å². The van der Waals surface area contributed by atoms with E-state index in [9.17, 15) is 4.79 Å². The van der Waals surface area contributed by atoms with Gasteiger partial charge < -0.3 is 28.4 Å². The molecule has 2 aromatic heterocycles. The van der Waals surface area contributed by atoms with Crippen molar-refractivity contribution in [1.29, 1.82) is 0 Å². The fourth-order valence-electron chi connectivity index (χ4n) is 4.44. The van der Waals surface area contributed by atoms with Gasteiger partial charge in [-0.05, 0) is 30.3 Å². The number of morpholine rings is 1. The molecule has 5 rings (SSSR count). The number of nitrogens with one attached hydrogen (secondary N) is 1. The van der Waals surface area contributed by atoms with Crippen LogP contribution < -0.4 is 14.8 Å². The molecule has 34 heavy (non-hydrogen) atoms. The Labute approximate surface area is 197 Å². The third-order valence-corrected chi connectivity index (χ3v) is 5.99. The van der Waals surface area contributed by atoms with Gasteiger partial charge in [0, 0.05) is 24.0 Å². The van der Waals surface area contributed by atoms with Crippen LogP contribution in [0.3, 0.4) is 0 Å².